The Kier molecular flexibility index (Phi) is 5.49. The number of guanidine groups is 1. The van der Waals surface area contributed by atoms with Crippen LogP contribution in [0.1, 0.15) is 17.3 Å². The molecule has 9 heteroatoms. The Hall–Kier alpha value is -4.24. The van der Waals surface area contributed by atoms with Crippen molar-refractivity contribution in [1.29, 1.82) is 5.41 Å². The fraction of sp³-hybridized carbons (Fsp3) is 0.0556. The summed E-state index contributed by atoms with van der Waals surface area (Å²) in [5, 5.41) is 21.8. The molecule has 0 fully saturated rings. The third-order valence-electron chi connectivity index (χ3n) is 3.42. The van der Waals surface area contributed by atoms with E-state index in [1.807, 2.05) is 10.6 Å². The largest absolute Gasteiger partial charge is 0.507 e. The summed E-state index contributed by atoms with van der Waals surface area (Å²) in [7, 11) is 0. The summed E-state index contributed by atoms with van der Waals surface area (Å²) in [4.78, 5) is 29.8. The quantitative estimate of drug-likeness (QED) is 0.373. The topological polar surface area (TPSA) is 111 Å². The van der Waals surface area contributed by atoms with Crippen molar-refractivity contribution in [2.45, 2.75) is 6.92 Å². The maximum absolute atomic E-state index is 14.7. The minimum atomic E-state index is -1.03. The van der Waals surface area contributed by atoms with Gasteiger partial charge in [-0.25, -0.2) is 14.1 Å². The van der Waals surface area contributed by atoms with E-state index in [1.54, 1.807) is 0 Å². The molecule has 0 spiro atoms. The summed E-state index contributed by atoms with van der Waals surface area (Å²) in [5.74, 6) is -3.79. The lowest BCUT2D eigenvalue weighted by atomic mass is 9.95. The van der Waals surface area contributed by atoms with Crippen LogP contribution in [-0.4, -0.2) is 22.9 Å². The van der Waals surface area contributed by atoms with Crippen LogP contribution in [0.3, 0.4) is 0 Å². The van der Waals surface area contributed by atoms with E-state index >= 15 is 0 Å². The predicted octanol–water partition coefficient (Wildman–Crippen LogP) is 3.10. The smallest absolute Gasteiger partial charge is 0.261 e. The van der Waals surface area contributed by atoms with Gasteiger partial charge in [0.1, 0.15) is 11.6 Å². The third-order valence-corrected chi connectivity index (χ3v) is 3.42. The summed E-state index contributed by atoms with van der Waals surface area (Å²) < 4.78 is 14.7. The molecule has 8 nitrogen and oxygen atoms in total. The maximum atomic E-state index is 14.7. The van der Waals surface area contributed by atoms with E-state index in [2.05, 4.69) is 9.69 Å². The number of phenolic OH excluding ortho intramolecular Hbond substituents is 1. The third kappa shape index (κ3) is 3.89. The average Bonchev–Trinajstić information content (AvgIpc) is 2.60. The van der Waals surface area contributed by atoms with Crippen LogP contribution in [0.4, 0.5) is 15.8 Å². The summed E-state index contributed by atoms with van der Waals surface area (Å²) >= 11 is 0. The molecule has 0 saturated heterocycles. The number of carbonyl (C=O) groups is 2. The van der Waals surface area contributed by atoms with Crippen molar-refractivity contribution in [3.8, 4) is 16.9 Å². The van der Waals surface area contributed by atoms with Gasteiger partial charge in [0.25, 0.3) is 5.91 Å². The monoisotopic (exact) mass is 365 g/mol. The number of benzene rings is 2. The van der Waals surface area contributed by atoms with E-state index in [4.69, 9.17) is 18.6 Å². The van der Waals surface area contributed by atoms with Gasteiger partial charge in [0, 0.05) is 12.5 Å². The number of phenols is 1. The van der Waals surface area contributed by atoms with Crippen LogP contribution in [0.2, 0.25) is 0 Å². The molecular formula is C18H12FN5O3. The standard InChI is InChI=1S/C18H12FN5O3/c1-9(25)23-18(20)24-17(27)15-13(26)8-7-11(21-2)14(15)10-5-4-6-12(22-3)16(10)19/h4-8,26H,1H3,(H3,20,23,24,25,27). The molecule has 2 aromatic rings. The molecule has 134 valence electrons. The lowest BCUT2D eigenvalue weighted by molar-refractivity contribution is -0.117. The zero-order valence-electron chi connectivity index (χ0n) is 13.9. The van der Waals surface area contributed by atoms with Gasteiger partial charge >= 0.3 is 0 Å². The van der Waals surface area contributed by atoms with Crippen molar-refractivity contribution in [1.82, 2.24) is 10.6 Å². The molecule has 2 amide bonds. The molecule has 0 radical (unpaired) electrons. The molecule has 0 aliphatic heterocycles. The number of nitrogens with one attached hydrogen (secondary N) is 3. The highest BCUT2D eigenvalue weighted by molar-refractivity contribution is 6.14. The SMILES string of the molecule is [C-]#[N+]c1cccc(-c2c([N+]#[C-])ccc(O)c2C(=O)NC(=N)NC(C)=O)c1F. The minimum Gasteiger partial charge on any atom is -0.507 e. The van der Waals surface area contributed by atoms with Crippen molar-refractivity contribution in [2.24, 2.45) is 0 Å². The number of amides is 2. The van der Waals surface area contributed by atoms with E-state index in [0.29, 0.717) is 0 Å². The number of carbonyl (C=O) groups excluding carboxylic acids is 2. The molecule has 0 heterocycles. The molecule has 0 unspecified atom stereocenters. The molecule has 2 rings (SSSR count). The Balaban J connectivity index is 2.69. The molecule has 4 N–H and O–H groups in total. The highest BCUT2D eigenvalue weighted by atomic mass is 19.1. The van der Waals surface area contributed by atoms with Crippen LogP contribution in [0.5, 0.6) is 5.75 Å². The van der Waals surface area contributed by atoms with E-state index in [9.17, 15) is 19.1 Å². The van der Waals surface area contributed by atoms with Gasteiger partial charge in [-0.05, 0) is 11.6 Å². The highest BCUT2D eigenvalue weighted by Gasteiger charge is 2.24. The fourth-order valence-corrected chi connectivity index (χ4v) is 2.36. The number of aromatic hydroxyl groups is 1. The van der Waals surface area contributed by atoms with Gasteiger partial charge in [-0.2, -0.15) is 0 Å². The van der Waals surface area contributed by atoms with Gasteiger partial charge < -0.3 is 5.11 Å². The molecule has 2 aromatic carbocycles. The van der Waals surface area contributed by atoms with Crippen molar-refractivity contribution in [3.63, 3.8) is 0 Å². The Labute approximate surface area is 153 Å². The molecule has 0 aromatic heterocycles. The highest BCUT2D eigenvalue weighted by Crippen LogP contribution is 2.41. The van der Waals surface area contributed by atoms with E-state index < -0.39 is 34.9 Å². The second-order valence-corrected chi connectivity index (χ2v) is 5.23. The summed E-state index contributed by atoms with van der Waals surface area (Å²) in [6.07, 6.45) is 0. The van der Waals surface area contributed by atoms with Gasteiger partial charge in [0.2, 0.25) is 17.6 Å². The zero-order chi connectivity index (χ0) is 20.1. The normalized spacial score (nSPS) is 9.63. The molecule has 0 atom stereocenters. The Morgan fingerprint density at radius 3 is 2.37 bits per heavy atom. The van der Waals surface area contributed by atoms with Crippen LogP contribution < -0.4 is 10.6 Å². The fourth-order valence-electron chi connectivity index (χ4n) is 2.36. The summed E-state index contributed by atoms with van der Waals surface area (Å²) in [6.45, 7) is 15.4. The Morgan fingerprint density at radius 1 is 1.11 bits per heavy atom. The molecule has 0 aliphatic carbocycles. The second kappa shape index (κ2) is 7.76. The maximum Gasteiger partial charge on any atom is 0.261 e. The van der Waals surface area contributed by atoms with Gasteiger partial charge in [-0.1, -0.05) is 24.3 Å². The van der Waals surface area contributed by atoms with Gasteiger partial charge in [-0.3, -0.25) is 25.6 Å². The molecule has 0 aliphatic rings. The Bertz CT molecular complexity index is 1050. The van der Waals surface area contributed by atoms with Crippen molar-refractivity contribution < 1.29 is 19.1 Å². The number of nitrogens with zero attached hydrogens (tertiary/aromatic N) is 2. The van der Waals surface area contributed by atoms with Crippen molar-refractivity contribution in [3.05, 3.63) is 64.5 Å². The van der Waals surface area contributed by atoms with Crippen LogP contribution >= 0.6 is 0 Å². The van der Waals surface area contributed by atoms with E-state index in [-0.39, 0.29) is 22.5 Å². The van der Waals surface area contributed by atoms with E-state index in [0.717, 1.165) is 13.0 Å². The Morgan fingerprint density at radius 2 is 1.78 bits per heavy atom. The molecule has 0 bridgehead atoms. The molecular weight excluding hydrogens is 353 g/mol. The number of rotatable bonds is 2. The van der Waals surface area contributed by atoms with Crippen molar-refractivity contribution >= 4 is 29.1 Å². The second-order valence-electron chi connectivity index (χ2n) is 5.23. The first-order valence-electron chi connectivity index (χ1n) is 7.37. The number of hydrogen-bond acceptors (Lipinski definition) is 4. The van der Waals surface area contributed by atoms with Crippen LogP contribution in [0.15, 0.2) is 30.3 Å². The van der Waals surface area contributed by atoms with E-state index in [1.165, 1.54) is 24.3 Å². The minimum absolute atomic E-state index is 0.134. The molecule has 27 heavy (non-hydrogen) atoms. The lowest BCUT2D eigenvalue weighted by Gasteiger charge is -2.15. The summed E-state index contributed by atoms with van der Waals surface area (Å²) in [6, 6.07) is 6.17. The number of hydrogen-bond donors (Lipinski definition) is 4. The predicted molar refractivity (Wildman–Crippen MR) is 95.0 cm³/mol. The first kappa shape index (κ1) is 19.1. The van der Waals surface area contributed by atoms with Crippen molar-refractivity contribution in [2.75, 3.05) is 0 Å². The van der Waals surface area contributed by atoms with Gasteiger partial charge in [0.15, 0.2) is 5.69 Å². The van der Waals surface area contributed by atoms with Crippen LogP contribution in [0.25, 0.3) is 20.8 Å². The number of halogens is 1. The van der Waals surface area contributed by atoms with Crippen LogP contribution in [-0.2, 0) is 4.79 Å². The van der Waals surface area contributed by atoms with Crippen LogP contribution in [0, 0.1) is 24.4 Å². The first-order valence-corrected chi connectivity index (χ1v) is 7.37. The van der Waals surface area contributed by atoms with Gasteiger partial charge in [0.05, 0.1) is 18.7 Å². The average molecular weight is 365 g/mol. The lowest BCUT2D eigenvalue weighted by Crippen LogP contribution is -2.42. The molecule has 0 saturated carbocycles. The van der Waals surface area contributed by atoms with Gasteiger partial charge in [-0.15, -0.1) is 0 Å². The first-order chi connectivity index (χ1) is 12.8. The summed E-state index contributed by atoms with van der Waals surface area (Å²) in [5.41, 5.74) is -1.35. The zero-order valence-corrected chi connectivity index (χ0v) is 13.9.